The van der Waals surface area contributed by atoms with Gasteiger partial charge in [0.2, 0.25) is 0 Å². The molecule has 0 bridgehead atoms. The molecule has 0 spiro atoms. The summed E-state index contributed by atoms with van der Waals surface area (Å²) in [5, 5.41) is 0.615. The largest absolute Gasteiger partial charge is 0.411 e. The topological polar surface area (TPSA) is 35.2 Å². The Bertz CT molecular complexity index is 371. The van der Waals surface area contributed by atoms with Crippen molar-refractivity contribution in [3.8, 4) is 0 Å². The van der Waals surface area contributed by atoms with Gasteiger partial charge in [-0.1, -0.05) is 29.8 Å². The van der Waals surface area contributed by atoms with Gasteiger partial charge in [-0.2, -0.15) is 13.2 Å². The monoisotopic (exact) mass is 281 g/mol. The second-order valence-corrected chi connectivity index (χ2v) is 4.42. The Hall–Kier alpha value is -0.780. The van der Waals surface area contributed by atoms with Gasteiger partial charge in [0, 0.05) is 17.7 Å². The highest BCUT2D eigenvalue weighted by Crippen LogP contribution is 2.17. The van der Waals surface area contributed by atoms with Gasteiger partial charge in [0.05, 0.1) is 0 Å². The Morgan fingerprint density at radius 3 is 2.56 bits per heavy atom. The lowest BCUT2D eigenvalue weighted by Crippen LogP contribution is -2.26. The molecule has 0 aliphatic heterocycles. The van der Waals surface area contributed by atoms with E-state index in [1.54, 1.807) is 6.07 Å². The van der Waals surface area contributed by atoms with Gasteiger partial charge >= 0.3 is 6.18 Å². The molecule has 2 nitrogen and oxygen atoms in total. The van der Waals surface area contributed by atoms with Crippen molar-refractivity contribution in [2.75, 3.05) is 13.2 Å². The molecular formula is C12H15ClF3NO. The summed E-state index contributed by atoms with van der Waals surface area (Å²) >= 11 is 5.95. The van der Waals surface area contributed by atoms with Crippen LogP contribution >= 0.6 is 11.6 Å². The normalized spacial score (nSPS) is 13.6. The van der Waals surface area contributed by atoms with Gasteiger partial charge in [0.25, 0.3) is 0 Å². The number of ether oxygens (including phenoxy) is 1. The Balaban J connectivity index is 2.26. The molecule has 1 unspecified atom stereocenters. The highest BCUT2D eigenvalue weighted by molar-refractivity contribution is 6.31. The smallest absolute Gasteiger partial charge is 0.372 e. The van der Waals surface area contributed by atoms with Crippen LogP contribution in [0.2, 0.25) is 5.02 Å². The van der Waals surface area contributed by atoms with Gasteiger partial charge < -0.3 is 10.5 Å². The molecule has 0 aromatic heterocycles. The number of hydrogen-bond acceptors (Lipinski definition) is 2. The summed E-state index contributed by atoms with van der Waals surface area (Å²) in [4.78, 5) is 0. The number of alkyl halides is 3. The van der Waals surface area contributed by atoms with Crippen molar-refractivity contribution in [3.63, 3.8) is 0 Å². The minimum absolute atomic E-state index is 0.00880. The van der Waals surface area contributed by atoms with Gasteiger partial charge in [-0.3, -0.25) is 0 Å². The van der Waals surface area contributed by atoms with Crippen LogP contribution in [-0.2, 0) is 11.2 Å². The molecule has 0 fully saturated rings. The number of hydrogen-bond donors (Lipinski definition) is 1. The van der Waals surface area contributed by atoms with E-state index in [0.717, 1.165) is 5.56 Å². The molecule has 0 heterocycles. The van der Waals surface area contributed by atoms with Gasteiger partial charge in [-0.25, -0.2) is 0 Å². The van der Waals surface area contributed by atoms with E-state index < -0.39 is 12.8 Å². The number of rotatable bonds is 6. The van der Waals surface area contributed by atoms with E-state index in [2.05, 4.69) is 4.74 Å². The summed E-state index contributed by atoms with van der Waals surface area (Å²) in [6, 6.07) is 6.98. The fraction of sp³-hybridized carbons (Fsp3) is 0.500. The maximum Gasteiger partial charge on any atom is 0.411 e. The Morgan fingerprint density at radius 2 is 1.94 bits per heavy atom. The fourth-order valence-corrected chi connectivity index (χ4v) is 1.68. The molecule has 102 valence electrons. The van der Waals surface area contributed by atoms with E-state index in [0.29, 0.717) is 17.9 Å². The first-order valence-electron chi connectivity index (χ1n) is 5.52. The SMILES string of the molecule is NC(CCOCC(F)(F)F)Cc1ccccc1Cl. The third kappa shape index (κ3) is 6.23. The zero-order chi connectivity index (χ0) is 13.6. The quantitative estimate of drug-likeness (QED) is 0.813. The summed E-state index contributed by atoms with van der Waals surface area (Å²) in [6.07, 6.45) is -3.40. The number of halogens is 4. The first kappa shape index (κ1) is 15.3. The summed E-state index contributed by atoms with van der Waals surface area (Å²) in [6.45, 7) is -1.24. The van der Waals surface area contributed by atoms with Crippen LogP contribution in [0.1, 0.15) is 12.0 Å². The van der Waals surface area contributed by atoms with Crippen LogP contribution in [-0.4, -0.2) is 25.4 Å². The van der Waals surface area contributed by atoms with Crippen molar-refractivity contribution in [1.82, 2.24) is 0 Å². The van der Waals surface area contributed by atoms with E-state index in [9.17, 15) is 13.2 Å². The van der Waals surface area contributed by atoms with Crippen molar-refractivity contribution >= 4 is 11.6 Å². The van der Waals surface area contributed by atoms with E-state index in [1.807, 2.05) is 18.2 Å². The molecule has 1 aromatic carbocycles. The van der Waals surface area contributed by atoms with Crippen LogP contribution < -0.4 is 5.73 Å². The zero-order valence-corrected chi connectivity index (χ0v) is 10.5. The standard InChI is InChI=1S/C12H15ClF3NO/c13-11-4-2-1-3-9(11)7-10(17)5-6-18-8-12(14,15)16/h1-4,10H,5-8,17H2. The molecule has 0 radical (unpaired) electrons. The van der Waals surface area contributed by atoms with Crippen LogP contribution in [0.5, 0.6) is 0 Å². The Labute approximate surface area is 109 Å². The Morgan fingerprint density at radius 1 is 1.28 bits per heavy atom. The third-order valence-electron chi connectivity index (χ3n) is 2.34. The predicted octanol–water partition coefficient (Wildman–Crippen LogP) is 3.18. The highest BCUT2D eigenvalue weighted by atomic mass is 35.5. The van der Waals surface area contributed by atoms with Crippen LogP contribution in [0, 0.1) is 0 Å². The van der Waals surface area contributed by atoms with Crippen LogP contribution in [0.3, 0.4) is 0 Å². The molecule has 1 atom stereocenters. The van der Waals surface area contributed by atoms with E-state index in [4.69, 9.17) is 17.3 Å². The van der Waals surface area contributed by atoms with Crippen LogP contribution in [0.15, 0.2) is 24.3 Å². The lowest BCUT2D eigenvalue weighted by Gasteiger charge is -2.13. The number of nitrogens with two attached hydrogens (primary N) is 1. The lowest BCUT2D eigenvalue weighted by atomic mass is 10.0. The van der Waals surface area contributed by atoms with Gasteiger partial charge in [-0.15, -0.1) is 0 Å². The molecule has 0 saturated carbocycles. The average Bonchev–Trinajstić information content (AvgIpc) is 2.26. The van der Waals surface area contributed by atoms with Crippen LogP contribution in [0.4, 0.5) is 13.2 Å². The molecule has 0 amide bonds. The van der Waals surface area contributed by atoms with E-state index in [-0.39, 0.29) is 12.6 Å². The molecule has 0 aliphatic rings. The number of benzene rings is 1. The predicted molar refractivity (Wildman–Crippen MR) is 64.6 cm³/mol. The Kier molecular flexibility index (Phi) is 5.91. The van der Waals surface area contributed by atoms with Crippen molar-refractivity contribution in [1.29, 1.82) is 0 Å². The molecule has 1 aromatic rings. The summed E-state index contributed by atoms with van der Waals surface area (Å²) < 4.78 is 39.9. The van der Waals surface area contributed by atoms with Gasteiger partial charge in [0.15, 0.2) is 0 Å². The van der Waals surface area contributed by atoms with Crippen LogP contribution in [0.25, 0.3) is 0 Å². The minimum Gasteiger partial charge on any atom is -0.372 e. The molecular weight excluding hydrogens is 267 g/mol. The summed E-state index contributed by atoms with van der Waals surface area (Å²) in [5.41, 5.74) is 6.70. The second-order valence-electron chi connectivity index (χ2n) is 4.01. The van der Waals surface area contributed by atoms with E-state index >= 15 is 0 Å². The molecule has 6 heteroatoms. The summed E-state index contributed by atoms with van der Waals surface area (Å²) in [7, 11) is 0. The van der Waals surface area contributed by atoms with Crippen molar-refractivity contribution in [2.24, 2.45) is 5.73 Å². The average molecular weight is 282 g/mol. The molecule has 18 heavy (non-hydrogen) atoms. The highest BCUT2D eigenvalue weighted by Gasteiger charge is 2.27. The van der Waals surface area contributed by atoms with Gasteiger partial charge in [-0.05, 0) is 24.5 Å². The van der Waals surface area contributed by atoms with Crippen molar-refractivity contribution < 1.29 is 17.9 Å². The second kappa shape index (κ2) is 6.97. The van der Waals surface area contributed by atoms with E-state index in [1.165, 1.54) is 0 Å². The molecule has 0 saturated heterocycles. The maximum atomic E-state index is 11.8. The minimum atomic E-state index is -4.28. The molecule has 2 N–H and O–H groups in total. The fourth-order valence-electron chi connectivity index (χ4n) is 1.47. The lowest BCUT2D eigenvalue weighted by molar-refractivity contribution is -0.174. The van der Waals surface area contributed by atoms with Crippen molar-refractivity contribution in [2.45, 2.75) is 25.1 Å². The molecule has 0 aliphatic carbocycles. The van der Waals surface area contributed by atoms with Gasteiger partial charge in [0.1, 0.15) is 6.61 Å². The third-order valence-corrected chi connectivity index (χ3v) is 2.71. The first-order valence-corrected chi connectivity index (χ1v) is 5.90. The molecule has 1 rings (SSSR count). The summed E-state index contributed by atoms with van der Waals surface area (Å²) in [5.74, 6) is 0. The first-order chi connectivity index (χ1) is 8.38. The maximum absolute atomic E-state index is 11.8. The van der Waals surface area contributed by atoms with Crippen molar-refractivity contribution in [3.05, 3.63) is 34.9 Å². The zero-order valence-electron chi connectivity index (χ0n) is 9.71.